The number of nitrogens with zero attached hydrogens (tertiary/aromatic N) is 1. The van der Waals surface area contributed by atoms with Gasteiger partial charge in [0.25, 0.3) is 0 Å². The van der Waals surface area contributed by atoms with Crippen LogP contribution in [0.3, 0.4) is 0 Å². The van der Waals surface area contributed by atoms with Crippen molar-refractivity contribution in [1.29, 1.82) is 0 Å². The maximum atomic E-state index is 11.9. The van der Waals surface area contributed by atoms with Gasteiger partial charge >= 0.3 is 12.0 Å². The van der Waals surface area contributed by atoms with Crippen molar-refractivity contribution in [3.63, 3.8) is 0 Å². The number of aliphatic carboxylic acids is 1. The van der Waals surface area contributed by atoms with Crippen LogP contribution in [0.5, 0.6) is 0 Å². The molecule has 7 heteroatoms. The number of halogens is 2. The monoisotopic (exact) mass is 304 g/mol. The number of hydrogen-bond acceptors (Lipinski definition) is 2. The molecule has 1 rings (SSSR count). The summed E-state index contributed by atoms with van der Waals surface area (Å²) < 4.78 is 0. The zero-order valence-electron chi connectivity index (χ0n) is 10.5. The van der Waals surface area contributed by atoms with Crippen molar-refractivity contribution in [3.8, 4) is 0 Å². The molecule has 2 N–H and O–H groups in total. The lowest BCUT2D eigenvalue weighted by Gasteiger charge is -2.20. The van der Waals surface area contributed by atoms with Crippen LogP contribution in [0.25, 0.3) is 0 Å². The standard InChI is InChI=1S/C12H14Cl2N2O3/c1-3-16(6-9(17)18)12(19)15-11-8(13)5-4-7(2)10(11)14/h4-5H,3,6H2,1-2H3,(H,15,19)(H,17,18). The Morgan fingerprint density at radius 3 is 2.53 bits per heavy atom. The molecule has 0 radical (unpaired) electrons. The van der Waals surface area contributed by atoms with Crippen LogP contribution in [-0.2, 0) is 4.79 Å². The van der Waals surface area contributed by atoms with Crippen LogP contribution < -0.4 is 5.32 Å². The van der Waals surface area contributed by atoms with Crippen molar-refractivity contribution >= 4 is 40.9 Å². The molecule has 0 aliphatic rings. The number of carbonyl (C=O) groups excluding carboxylic acids is 1. The maximum absolute atomic E-state index is 11.9. The third-order valence-electron chi connectivity index (χ3n) is 2.51. The van der Waals surface area contributed by atoms with Gasteiger partial charge in [0.1, 0.15) is 6.54 Å². The average Bonchev–Trinajstić information content (AvgIpc) is 2.35. The first-order valence-corrected chi connectivity index (χ1v) is 6.34. The molecule has 0 aromatic heterocycles. The first-order valence-electron chi connectivity index (χ1n) is 5.59. The Kier molecular flexibility index (Phi) is 5.44. The highest BCUT2D eigenvalue weighted by molar-refractivity contribution is 6.40. The molecule has 0 unspecified atom stereocenters. The minimum Gasteiger partial charge on any atom is -0.480 e. The van der Waals surface area contributed by atoms with Crippen molar-refractivity contribution < 1.29 is 14.7 Å². The third kappa shape index (κ3) is 4.01. The van der Waals surface area contributed by atoms with E-state index in [9.17, 15) is 9.59 Å². The van der Waals surface area contributed by atoms with Crippen LogP contribution in [-0.4, -0.2) is 35.1 Å². The number of benzene rings is 1. The Morgan fingerprint density at radius 1 is 1.37 bits per heavy atom. The van der Waals surface area contributed by atoms with E-state index in [-0.39, 0.29) is 18.8 Å². The largest absolute Gasteiger partial charge is 0.480 e. The van der Waals surface area contributed by atoms with Gasteiger partial charge in [-0.25, -0.2) is 4.79 Å². The minimum absolute atomic E-state index is 0.263. The molecule has 1 aromatic rings. The number of carboxylic acids is 1. The van der Waals surface area contributed by atoms with E-state index in [1.54, 1.807) is 26.0 Å². The summed E-state index contributed by atoms with van der Waals surface area (Å²) in [6.07, 6.45) is 0. The zero-order chi connectivity index (χ0) is 14.6. The van der Waals surface area contributed by atoms with Gasteiger partial charge in [-0.05, 0) is 25.5 Å². The number of hydrogen-bond donors (Lipinski definition) is 2. The number of anilines is 1. The van der Waals surface area contributed by atoms with Gasteiger partial charge in [-0.3, -0.25) is 4.79 Å². The lowest BCUT2D eigenvalue weighted by atomic mass is 10.2. The molecule has 0 aliphatic heterocycles. The van der Waals surface area contributed by atoms with E-state index < -0.39 is 12.0 Å². The van der Waals surface area contributed by atoms with Crippen molar-refractivity contribution in [2.45, 2.75) is 13.8 Å². The van der Waals surface area contributed by atoms with Gasteiger partial charge in [0, 0.05) is 6.54 Å². The van der Waals surface area contributed by atoms with Gasteiger partial charge < -0.3 is 15.3 Å². The van der Waals surface area contributed by atoms with Gasteiger partial charge in [-0.2, -0.15) is 0 Å². The van der Waals surface area contributed by atoms with E-state index in [2.05, 4.69) is 5.32 Å². The fourth-order valence-electron chi connectivity index (χ4n) is 1.45. The molecule has 5 nitrogen and oxygen atoms in total. The molecule has 19 heavy (non-hydrogen) atoms. The van der Waals surface area contributed by atoms with Gasteiger partial charge in [0.2, 0.25) is 0 Å². The minimum atomic E-state index is -1.08. The molecule has 1 aromatic carbocycles. The van der Waals surface area contributed by atoms with Crippen molar-refractivity contribution in [1.82, 2.24) is 4.90 Å². The Morgan fingerprint density at radius 2 is 2.00 bits per heavy atom. The number of aryl methyl sites for hydroxylation is 1. The van der Waals surface area contributed by atoms with Crippen molar-refractivity contribution in [2.75, 3.05) is 18.4 Å². The van der Waals surface area contributed by atoms with Gasteiger partial charge in [-0.15, -0.1) is 0 Å². The van der Waals surface area contributed by atoms with Crippen LogP contribution in [0.1, 0.15) is 12.5 Å². The molecule has 104 valence electrons. The number of nitrogens with one attached hydrogen (secondary N) is 1. The lowest BCUT2D eigenvalue weighted by molar-refractivity contribution is -0.137. The smallest absolute Gasteiger partial charge is 0.323 e. The quantitative estimate of drug-likeness (QED) is 0.897. The van der Waals surface area contributed by atoms with Gasteiger partial charge in [0.05, 0.1) is 15.7 Å². The fourth-order valence-corrected chi connectivity index (χ4v) is 1.91. The van der Waals surface area contributed by atoms with Crippen LogP contribution in [0.15, 0.2) is 12.1 Å². The highest BCUT2D eigenvalue weighted by Gasteiger charge is 2.18. The molecule has 0 spiro atoms. The van der Waals surface area contributed by atoms with Gasteiger partial charge in [0.15, 0.2) is 0 Å². The van der Waals surface area contributed by atoms with Crippen molar-refractivity contribution in [3.05, 3.63) is 27.7 Å². The summed E-state index contributed by atoms with van der Waals surface area (Å²) >= 11 is 12.0. The number of likely N-dealkylation sites (N-methyl/N-ethyl adjacent to an activating group) is 1. The summed E-state index contributed by atoms with van der Waals surface area (Å²) in [6, 6.07) is 2.79. The number of carbonyl (C=O) groups is 2. The van der Waals surface area contributed by atoms with Gasteiger partial charge in [-0.1, -0.05) is 29.3 Å². The van der Waals surface area contributed by atoms with Crippen LogP contribution in [0, 0.1) is 6.92 Å². The first-order chi connectivity index (χ1) is 8.86. The molecule has 0 saturated heterocycles. The molecule has 0 atom stereocenters. The molecular formula is C12H14Cl2N2O3. The fraction of sp³-hybridized carbons (Fsp3) is 0.333. The van der Waals surface area contributed by atoms with Crippen LogP contribution in [0.2, 0.25) is 10.0 Å². The predicted molar refractivity (Wildman–Crippen MR) is 75.1 cm³/mol. The SMILES string of the molecule is CCN(CC(=O)O)C(=O)Nc1c(Cl)ccc(C)c1Cl. The first kappa shape index (κ1) is 15.6. The summed E-state index contributed by atoms with van der Waals surface area (Å²) in [7, 11) is 0. The molecule has 2 amide bonds. The molecule has 0 bridgehead atoms. The van der Waals surface area contributed by atoms with E-state index in [1.807, 2.05) is 0 Å². The second-order valence-corrected chi connectivity index (χ2v) is 4.68. The number of urea groups is 1. The normalized spacial score (nSPS) is 10.1. The van der Waals surface area contributed by atoms with Crippen LogP contribution in [0.4, 0.5) is 10.5 Å². The van der Waals surface area contributed by atoms with E-state index in [4.69, 9.17) is 28.3 Å². The van der Waals surface area contributed by atoms with E-state index >= 15 is 0 Å². The molecule has 0 aliphatic carbocycles. The topological polar surface area (TPSA) is 69.6 Å². The Labute approximate surface area is 121 Å². The second kappa shape index (κ2) is 6.63. The Hall–Kier alpha value is -1.46. The molecule has 0 saturated carbocycles. The number of amides is 2. The maximum Gasteiger partial charge on any atom is 0.323 e. The van der Waals surface area contributed by atoms with Crippen molar-refractivity contribution in [2.24, 2.45) is 0 Å². The zero-order valence-corrected chi connectivity index (χ0v) is 12.0. The lowest BCUT2D eigenvalue weighted by Crippen LogP contribution is -2.38. The molecule has 0 fully saturated rings. The second-order valence-electron chi connectivity index (χ2n) is 3.89. The highest BCUT2D eigenvalue weighted by atomic mass is 35.5. The summed E-state index contributed by atoms with van der Waals surface area (Å²) in [5, 5.41) is 11.9. The molecule has 0 heterocycles. The Bertz CT molecular complexity index is 506. The predicted octanol–water partition coefficient (Wildman–Crippen LogP) is 3.24. The van der Waals surface area contributed by atoms with E-state index in [0.717, 1.165) is 10.5 Å². The summed E-state index contributed by atoms with van der Waals surface area (Å²) in [5.41, 5.74) is 1.06. The number of rotatable bonds is 4. The Balaban J connectivity index is 2.93. The summed E-state index contributed by atoms with van der Waals surface area (Å²) in [6.45, 7) is 3.34. The number of carboxylic acid groups (broad SMARTS) is 1. The summed E-state index contributed by atoms with van der Waals surface area (Å²) in [4.78, 5) is 23.7. The highest BCUT2D eigenvalue weighted by Crippen LogP contribution is 2.32. The van der Waals surface area contributed by atoms with Crippen LogP contribution >= 0.6 is 23.2 Å². The van der Waals surface area contributed by atoms with E-state index in [0.29, 0.717) is 10.0 Å². The summed E-state index contributed by atoms with van der Waals surface area (Å²) in [5.74, 6) is -1.08. The average molecular weight is 305 g/mol. The third-order valence-corrected chi connectivity index (χ3v) is 3.31. The molecular weight excluding hydrogens is 291 g/mol. The van der Waals surface area contributed by atoms with E-state index in [1.165, 1.54) is 0 Å².